The zero-order valence-corrected chi connectivity index (χ0v) is 10.7. The zero-order valence-electron chi connectivity index (χ0n) is 8.32. The Labute approximate surface area is 97.1 Å². The maximum Gasteiger partial charge on any atom is 0.298 e. The Kier molecular flexibility index (Phi) is 3.75. The lowest BCUT2D eigenvalue weighted by atomic mass is 10.2. The Morgan fingerprint density at radius 2 is 2.07 bits per heavy atom. The first-order chi connectivity index (χ1) is 6.86. The summed E-state index contributed by atoms with van der Waals surface area (Å²) in [4.78, 5) is -0.221. The molecule has 0 aliphatic heterocycles. The highest BCUT2D eigenvalue weighted by Gasteiger charge is 2.18. The molecule has 0 saturated carbocycles. The number of hydrogen-bond acceptors (Lipinski definition) is 3. The van der Waals surface area contributed by atoms with Crippen LogP contribution in [0.25, 0.3) is 0 Å². The molecule has 0 saturated heterocycles. The fourth-order valence-electron chi connectivity index (χ4n) is 1.11. The fraction of sp³-hybridized carbons (Fsp3) is 0.333. The van der Waals surface area contributed by atoms with Gasteiger partial charge >= 0.3 is 0 Å². The van der Waals surface area contributed by atoms with Gasteiger partial charge in [-0.2, -0.15) is 8.42 Å². The number of benzene rings is 1. The maximum atomic E-state index is 11.0. The average Bonchev–Trinajstić information content (AvgIpc) is 2.09. The zero-order chi connectivity index (χ0) is 11.6. The highest BCUT2D eigenvalue weighted by molar-refractivity contribution is 9.10. The van der Waals surface area contributed by atoms with Gasteiger partial charge in [-0.15, -0.1) is 0 Å². The summed E-state index contributed by atoms with van der Waals surface area (Å²) in [6.07, 6.45) is 0. The molecule has 0 atom stereocenters. The molecule has 0 amide bonds. The van der Waals surface area contributed by atoms with Gasteiger partial charge in [0, 0.05) is 4.47 Å². The third-order valence-corrected chi connectivity index (χ3v) is 3.53. The van der Waals surface area contributed by atoms with Gasteiger partial charge in [-0.25, -0.2) is 0 Å². The van der Waals surface area contributed by atoms with Crippen LogP contribution in [-0.2, 0) is 10.1 Å². The summed E-state index contributed by atoms with van der Waals surface area (Å²) in [7, 11) is -4.25. The standard InChI is InChI=1S/C9H11BrO4S/c1-3-14-8-4-6(2)7(10)5-9(8)15(11,12)13/h4-5H,3H2,1-2H3,(H,11,12,13). The van der Waals surface area contributed by atoms with E-state index in [1.807, 2.05) is 0 Å². The average molecular weight is 295 g/mol. The molecule has 84 valence electrons. The van der Waals surface area contributed by atoms with Crippen LogP contribution < -0.4 is 4.74 Å². The third-order valence-electron chi connectivity index (χ3n) is 1.80. The number of halogens is 1. The van der Waals surface area contributed by atoms with Crippen molar-refractivity contribution in [1.82, 2.24) is 0 Å². The molecule has 0 heterocycles. The molecule has 0 aliphatic carbocycles. The van der Waals surface area contributed by atoms with E-state index in [1.54, 1.807) is 19.9 Å². The van der Waals surface area contributed by atoms with Crippen LogP contribution in [0.15, 0.2) is 21.5 Å². The van der Waals surface area contributed by atoms with E-state index in [0.717, 1.165) is 5.56 Å². The van der Waals surface area contributed by atoms with Crippen molar-refractivity contribution in [1.29, 1.82) is 0 Å². The van der Waals surface area contributed by atoms with Crippen molar-refractivity contribution in [2.45, 2.75) is 18.7 Å². The summed E-state index contributed by atoms with van der Waals surface area (Å²) in [6.45, 7) is 3.88. The molecule has 0 aromatic heterocycles. The van der Waals surface area contributed by atoms with Gasteiger partial charge in [0.25, 0.3) is 10.1 Å². The smallest absolute Gasteiger partial charge is 0.298 e. The molecule has 0 bridgehead atoms. The van der Waals surface area contributed by atoms with E-state index in [-0.39, 0.29) is 10.6 Å². The number of hydrogen-bond donors (Lipinski definition) is 1. The summed E-state index contributed by atoms with van der Waals surface area (Å²) >= 11 is 3.19. The van der Waals surface area contributed by atoms with Crippen LogP contribution in [0.2, 0.25) is 0 Å². The predicted octanol–water partition coefficient (Wildman–Crippen LogP) is 2.40. The predicted molar refractivity (Wildman–Crippen MR) is 59.9 cm³/mol. The van der Waals surface area contributed by atoms with E-state index in [4.69, 9.17) is 9.29 Å². The lowest BCUT2D eigenvalue weighted by Crippen LogP contribution is -2.04. The van der Waals surface area contributed by atoms with Crippen LogP contribution in [0, 0.1) is 6.92 Å². The molecule has 15 heavy (non-hydrogen) atoms. The number of aryl methyl sites for hydroxylation is 1. The lowest BCUT2D eigenvalue weighted by Gasteiger charge is -2.10. The molecule has 6 heteroatoms. The molecule has 0 spiro atoms. The molecule has 0 aliphatic rings. The summed E-state index contributed by atoms with van der Waals surface area (Å²) in [5.74, 6) is 0.167. The van der Waals surface area contributed by atoms with Crippen molar-refractivity contribution in [3.63, 3.8) is 0 Å². The molecule has 1 aromatic carbocycles. The van der Waals surface area contributed by atoms with E-state index >= 15 is 0 Å². The maximum absolute atomic E-state index is 11.0. The Morgan fingerprint density at radius 3 is 2.53 bits per heavy atom. The van der Waals surface area contributed by atoms with Gasteiger partial charge in [0.05, 0.1) is 6.61 Å². The van der Waals surface area contributed by atoms with Gasteiger partial charge in [0.2, 0.25) is 0 Å². The minimum atomic E-state index is -4.25. The van der Waals surface area contributed by atoms with Gasteiger partial charge in [0.1, 0.15) is 10.6 Å². The molecular formula is C9H11BrO4S. The first kappa shape index (κ1) is 12.5. The summed E-state index contributed by atoms with van der Waals surface area (Å²) in [5, 5.41) is 0. The van der Waals surface area contributed by atoms with Crippen molar-refractivity contribution in [2.24, 2.45) is 0 Å². The molecule has 0 unspecified atom stereocenters. The van der Waals surface area contributed by atoms with Gasteiger partial charge in [0.15, 0.2) is 0 Å². The van der Waals surface area contributed by atoms with Gasteiger partial charge in [-0.05, 0) is 31.5 Å². The first-order valence-corrected chi connectivity index (χ1v) is 6.50. The van der Waals surface area contributed by atoms with Crippen molar-refractivity contribution in [3.8, 4) is 5.75 Å². The minimum absolute atomic E-state index is 0.167. The van der Waals surface area contributed by atoms with Crippen molar-refractivity contribution >= 4 is 26.0 Å². The number of rotatable bonds is 3. The first-order valence-electron chi connectivity index (χ1n) is 4.26. The molecule has 0 radical (unpaired) electrons. The second-order valence-electron chi connectivity index (χ2n) is 2.96. The third kappa shape index (κ3) is 2.93. The van der Waals surface area contributed by atoms with E-state index in [0.29, 0.717) is 11.1 Å². The molecule has 4 nitrogen and oxygen atoms in total. The van der Waals surface area contributed by atoms with Crippen LogP contribution in [0.5, 0.6) is 5.75 Å². The normalized spacial score (nSPS) is 11.5. The number of ether oxygens (including phenoxy) is 1. The van der Waals surface area contributed by atoms with E-state index in [2.05, 4.69) is 15.9 Å². The van der Waals surface area contributed by atoms with Crippen molar-refractivity contribution in [3.05, 3.63) is 22.2 Å². The summed E-state index contributed by atoms with van der Waals surface area (Å²) in [6, 6.07) is 2.90. The quantitative estimate of drug-likeness (QED) is 0.870. The Hall–Kier alpha value is -0.590. The van der Waals surface area contributed by atoms with Crippen molar-refractivity contribution in [2.75, 3.05) is 6.61 Å². The highest BCUT2D eigenvalue weighted by atomic mass is 79.9. The van der Waals surface area contributed by atoms with Crippen LogP contribution in [0.3, 0.4) is 0 Å². The SMILES string of the molecule is CCOc1cc(C)c(Br)cc1S(=O)(=O)O. The fourth-order valence-corrected chi connectivity index (χ4v) is 2.24. The summed E-state index contributed by atoms with van der Waals surface area (Å²) in [5.41, 5.74) is 0.839. The Balaban J connectivity index is 3.42. The van der Waals surface area contributed by atoms with Crippen LogP contribution in [0.1, 0.15) is 12.5 Å². The Morgan fingerprint density at radius 1 is 1.47 bits per heavy atom. The van der Waals surface area contributed by atoms with E-state index in [9.17, 15) is 8.42 Å². The monoisotopic (exact) mass is 294 g/mol. The topological polar surface area (TPSA) is 63.6 Å². The van der Waals surface area contributed by atoms with Crippen LogP contribution in [0.4, 0.5) is 0 Å². The molecule has 1 rings (SSSR count). The molecule has 1 aromatic rings. The van der Waals surface area contributed by atoms with Crippen LogP contribution >= 0.6 is 15.9 Å². The van der Waals surface area contributed by atoms with Gasteiger partial charge < -0.3 is 4.74 Å². The molecular weight excluding hydrogens is 284 g/mol. The van der Waals surface area contributed by atoms with Gasteiger partial charge in [-0.1, -0.05) is 15.9 Å². The molecule has 0 fully saturated rings. The summed E-state index contributed by atoms with van der Waals surface area (Å²) < 4.78 is 36.8. The van der Waals surface area contributed by atoms with E-state index < -0.39 is 10.1 Å². The largest absolute Gasteiger partial charge is 0.492 e. The van der Waals surface area contributed by atoms with Gasteiger partial charge in [-0.3, -0.25) is 4.55 Å². The molecule has 1 N–H and O–H groups in total. The second-order valence-corrected chi connectivity index (χ2v) is 5.20. The van der Waals surface area contributed by atoms with E-state index in [1.165, 1.54) is 6.07 Å². The second kappa shape index (κ2) is 4.51. The van der Waals surface area contributed by atoms with Crippen LogP contribution in [-0.4, -0.2) is 19.6 Å². The lowest BCUT2D eigenvalue weighted by molar-refractivity contribution is 0.329. The van der Waals surface area contributed by atoms with Crippen molar-refractivity contribution < 1.29 is 17.7 Å². The Bertz CT molecular complexity index is 467. The highest BCUT2D eigenvalue weighted by Crippen LogP contribution is 2.30. The minimum Gasteiger partial charge on any atom is -0.492 e.